The first kappa shape index (κ1) is 18.9. The number of H-pyrrole nitrogens is 1. The van der Waals surface area contributed by atoms with Crippen LogP contribution in [-0.2, 0) is 17.6 Å². The van der Waals surface area contributed by atoms with Crippen LogP contribution < -0.4 is 10.9 Å². The minimum absolute atomic E-state index is 0.0326. The molecule has 0 radical (unpaired) electrons. The molecular weight excluding hydrogens is 344 g/mol. The molecule has 27 heavy (non-hydrogen) atoms. The molecule has 2 N–H and O–H groups in total. The van der Waals surface area contributed by atoms with Gasteiger partial charge in [0, 0.05) is 77.4 Å². The van der Waals surface area contributed by atoms with E-state index >= 15 is 0 Å². The first-order valence-electron chi connectivity index (χ1n) is 10.4. The van der Waals surface area contributed by atoms with E-state index in [1.54, 1.807) is 0 Å². The molecule has 0 atom stereocenters. The van der Waals surface area contributed by atoms with Gasteiger partial charge in [-0.05, 0) is 12.8 Å². The van der Waals surface area contributed by atoms with Gasteiger partial charge in [-0.1, -0.05) is 0 Å². The molecule has 2 saturated heterocycles. The lowest BCUT2D eigenvalue weighted by molar-refractivity contribution is 0.0300. The van der Waals surface area contributed by atoms with Gasteiger partial charge < -0.3 is 15.0 Å². The number of nitrogens with zero attached hydrogens (tertiary/aromatic N) is 4. The topological polar surface area (TPSA) is 76.7 Å². The highest BCUT2D eigenvalue weighted by molar-refractivity contribution is 5.55. The maximum absolute atomic E-state index is 11.9. The Morgan fingerprint density at radius 3 is 2.33 bits per heavy atom. The second-order valence-corrected chi connectivity index (χ2v) is 7.77. The van der Waals surface area contributed by atoms with E-state index in [0.717, 1.165) is 115 Å². The van der Waals surface area contributed by atoms with Crippen LogP contribution in [-0.4, -0.2) is 104 Å². The molecule has 1 aromatic rings. The van der Waals surface area contributed by atoms with Crippen molar-refractivity contribution >= 4 is 5.69 Å². The second kappa shape index (κ2) is 9.14. The molecule has 8 heteroatoms. The monoisotopic (exact) mass is 376 g/mol. The van der Waals surface area contributed by atoms with Crippen molar-refractivity contribution in [3.05, 3.63) is 21.6 Å². The molecule has 8 nitrogen and oxygen atoms in total. The summed E-state index contributed by atoms with van der Waals surface area (Å²) in [5, 5.41) is 10.4. The van der Waals surface area contributed by atoms with Crippen molar-refractivity contribution < 1.29 is 4.74 Å². The lowest BCUT2D eigenvalue weighted by atomic mass is 10.0. The Bertz CT molecular complexity index is 665. The average Bonchev–Trinajstić information content (AvgIpc) is 2.73. The molecule has 1 aromatic heterocycles. The van der Waals surface area contributed by atoms with Gasteiger partial charge in [-0.15, -0.1) is 0 Å². The van der Waals surface area contributed by atoms with Gasteiger partial charge in [-0.25, -0.2) is 5.10 Å². The van der Waals surface area contributed by atoms with Crippen molar-refractivity contribution in [2.45, 2.75) is 19.3 Å². The molecule has 4 heterocycles. The molecule has 3 aliphatic heterocycles. The van der Waals surface area contributed by atoms with E-state index in [4.69, 9.17) is 4.74 Å². The lowest BCUT2D eigenvalue weighted by Crippen LogP contribution is -2.49. The first-order chi connectivity index (χ1) is 13.3. The number of fused-ring (bicyclic) bond motifs is 1. The van der Waals surface area contributed by atoms with E-state index in [-0.39, 0.29) is 5.56 Å². The third-order valence-electron chi connectivity index (χ3n) is 6.03. The summed E-state index contributed by atoms with van der Waals surface area (Å²) in [7, 11) is 0. The molecule has 2 fully saturated rings. The van der Waals surface area contributed by atoms with E-state index in [2.05, 4.69) is 30.2 Å². The SMILES string of the molecule is O=c1[nH]nc(CCN2CCN(CCN3CCOCC3)CC2)c2c1CCCN2. The van der Waals surface area contributed by atoms with Gasteiger partial charge >= 0.3 is 0 Å². The van der Waals surface area contributed by atoms with Crippen LogP contribution >= 0.6 is 0 Å². The lowest BCUT2D eigenvalue weighted by Gasteiger charge is -2.36. The summed E-state index contributed by atoms with van der Waals surface area (Å²) in [6.45, 7) is 12.7. The largest absolute Gasteiger partial charge is 0.383 e. The van der Waals surface area contributed by atoms with Gasteiger partial charge in [-0.2, -0.15) is 5.10 Å². The summed E-state index contributed by atoms with van der Waals surface area (Å²) in [4.78, 5) is 19.6. The van der Waals surface area contributed by atoms with Crippen molar-refractivity contribution in [2.75, 3.05) is 84.0 Å². The molecule has 0 bridgehead atoms. The Balaban J connectivity index is 1.21. The molecular formula is C19H32N6O2. The quantitative estimate of drug-likeness (QED) is 0.701. The first-order valence-corrected chi connectivity index (χ1v) is 10.4. The summed E-state index contributed by atoms with van der Waals surface area (Å²) in [5.41, 5.74) is 2.86. The maximum atomic E-state index is 11.9. The predicted octanol–water partition coefficient (Wildman–Crippen LogP) is -0.380. The number of ether oxygens (including phenoxy) is 1. The third kappa shape index (κ3) is 4.87. The molecule has 0 spiro atoms. The van der Waals surface area contributed by atoms with E-state index in [0.29, 0.717) is 0 Å². The smallest absolute Gasteiger partial charge is 0.269 e. The number of rotatable bonds is 6. The molecule has 0 aromatic carbocycles. The van der Waals surface area contributed by atoms with E-state index < -0.39 is 0 Å². The molecule has 0 saturated carbocycles. The molecule has 0 unspecified atom stereocenters. The van der Waals surface area contributed by atoms with E-state index in [9.17, 15) is 4.79 Å². The van der Waals surface area contributed by atoms with Gasteiger partial charge in [0.1, 0.15) is 0 Å². The summed E-state index contributed by atoms with van der Waals surface area (Å²) >= 11 is 0. The van der Waals surface area contributed by atoms with Gasteiger partial charge in [0.2, 0.25) is 0 Å². The number of piperazine rings is 1. The van der Waals surface area contributed by atoms with Crippen LogP contribution in [0, 0.1) is 0 Å². The average molecular weight is 377 g/mol. The van der Waals surface area contributed by atoms with Crippen LogP contribution in [0.15, 0.2) is 4.79 Å². The van der Waals surface area contributed by atoms with Crippen molar-refractivity contribution in [3.63, 3.8) is 0 Å². The molecule has 0 amide bonds. The zero-order valence-electron chi connectivity index (χ0n) is 16.2. The molecule has 0 aliphatic carbocycles. The number of hydrogen-bond donors (Lipinski definition) is 2. The van der Waals surface area contributed by atoms with E-state index in [1.165, 1.54) is 0 Å². The summed E-state index contributed by atoms with van der Waals surface area (Å²) in [6.07, 6.45) is 2.76. The Kier molecular flexibility index (Phi) is 6.39. The minimum atomic E-state index is -0.0326. The molecule has 4 rings (SSSR count). The molecule has 3 aliphatic rings. The van der Waals surface area contributed by atoms with Gasteiger partial charge in [-0.3, -0.25) is 14.6 Å². The Morgan fingerprint density at radius 2 is 1.59 bits per heavy atom. The third-order valence-corrected chi connectivity index (χ3v) is 6.03. The number of aromatic amines is 1. The second-order valence-electron chi connectivity index (χ2n) is 7.77. The number of hydrogen-bond acceptors (Lipinski definition) is 7. The zero-order valence-corrected chi connectivity index (χ0v) is 16.2. The Labute approximate surface area is 160 Å². The number of nitrogens with one attached hydrogen (secondary N) is 2. The van der Waals surface area contributed by atoms with Crippen LogP contribution in [0.4, 0.5) is 5.69 Å². The number of anilines is 1. The van der Waals surface area contributed by atoms with Gasteiger partial charge in [0.15, 0.2) is 0 Å². The summed E-state index contributed by atoms with van der Waals surface area (Å²) in [5.74, 6) is 0. The van der Waals surface area contributed by atoms with Crippen molar-refractivity contribution in [1.29, 1.82) is 0 Å². The van der Waals surface area contributed by atoms with Gasteiger partial charge in [0.25, 0.3) is 5.56 Å². The fourth-order valence-corrected chi connectivity index (χ4v) is 4.24. The van der Waals surface area contributed by atoms with Crippen LogP contribution in [0.25, 0.3) is 0 Å². The van der Waals surface area contributed by atoms with Crippen molar-refractivity contribution in [1.82, 2.24) is 24.9 Å². The maximum Gasteiger partial charge on any atom is 0.269 e. The number of morpholine rings is 1. The highest BCUT2D eigenvalue weighted by Gasteiger charge is 2.21. The van der Waals surface area contributed by atoms with Crippen molar-refractivity contribution in [2.24, 2.45) is 0 Å². The highest BCUT2D eigenvalue weighted by Crippen LogP contribution is 2.21. The Morgan fingerprint density at radius 1 is 0.926 bits per heavy atom. The van der Waals surface area contributed by atoms with Crippen LogP contribution in [0.3, 0.4) is 0 Å². The summed E-state index contributed by atoms with van der Waals surface area (Å²) < 4.78 is 5.42. The van der Waals surface area contributed by atoms with Crippen LogP contribution in [0.2, 0.25) is 0 Å². The van der Waals surface area contributed by atoms with Crippen molar-refractivity contribution in [3.8, 4) is 0 Å². The van der Waals surface area contributed by atoms with E-state index in [1.807, 2.05) is 0 Å². The standard InChI is InChI=1S/C19H32N6O2/c26-19-16-2-1-4-20-18(16)17(21-22-19)3-5-23-6-8-24(9-7-23)10-11-25-12-14-27-15-13-25/h20H,1-15H2,(H,22,26). The highest BCUT2D eigenvalue weighted by atomic mass is 16.5. The Hall–Kier alpha value is -1.48. The number of aromatic nitrogens is 2. The van der Waals surface area contributed by atoms with Crippen LogP contribution in [0.1, 0.15) is 17.7 Å². The fourth-order valence-electron chi connectivity index (χ4n) is 4.24. The normalized spacial score (nSPS) is 22.4. The minimum Gasteiger partial charge on any atom is -0.383 e. The zero-order chi connectivity index (χ0) is 18.5. The van der Waals surface area contributed by atoms with Crippen LogP contribution in [0.5, 0.6) is 0 Å². The predicted molar refractivity (Wildman–Crippen MR) is 106 cm³/mol. The summed E-state index contributed by atoms with van der Waals surface area (Å²) in [6, 6.07) is 0. The molecule has 150 valence electrons. The fraction of sp³-hybridized carbons (Fsp3) is 0.789. The van der Waals surface area contributed by atoms with Gasteiger partial charge in [0.05, 0.1) is 24.6 Å².